The van der Waals surface area contributed by atoms with Crippen molar-refractivity contribution in [2.24, 2.45) is 5.41 Å². The van der Waals surface area contributed by atoms with Crippen molar-refractivity contribution in [3.05, 3.63) is 59.7 Å². The third kappa shape index (κ3) is 4.45. The quantitative estimate of drug-likeness (QED) is 0.664. The number of alkyl carbamates (subject to hydrolysis) is 1. The molecule has 1 saturated heterocycles. The van der Waals surface area contributed by atoms with Crippen molar-refractivity contribution in [2.75, 3.05) is 19.7 Å². The van der Waals surface area contributed by atoms with Gasteiger partial charge in [0.2, 0.25) is 5.91 Å². The van der Waals surface area contributed by atoms with Crippen LogP contribution in [0.25, 0.3) is 11.1 Å². The van der Waals surface area contributed by atoms with Gasteiger partial charge in [-0.05, 0) is 42.0 Å². The molecule has 2 amide bonds. The number of nitrogens with zero attached hydrogens (tertiary/aromatic N) is 1. The van der Waals surface area contributed by atoms with Crippen molar-refractivity contribution in [3.63, 3.8) is 0 Å². The smallest absolute Gasteiger partial charge is 0.407 e. The standard InChI is InChI=1S/C26H30N2O5/c1-3-26(24(30)31)12-13-28(16-26)23(29)14-17(2)27-25(32)33-15-22-20-10-6-4-8-18(20)19-9-5-7-11-21(19)22/h4-11,17,22H,3,12-16H2,1-2H3,(H,27,32)(H,30,31)/t17-,26?/m0/s1. The molecule has 7 heteroatoms. The van der Waals surface area contributed by atoms with E-state index in [1.54, 1.807) is 11.8 Å². The molecule has 33 heavy (non-hydrogen) atoms. The second-order valence-electron chi connectivity index (χ2n) is 9.08. The molecule has 1 fully saturated rings. The van der Waals surface area contributed by atoms with E-state index in [-0.39, 0.29) is 31.4 Å². The molecule has 2 aliphatic rings. The summed E-state index contributed by atoms with van der Waals surface area (Å²) in [7, 11) is 0. The Hall–Kier alpha value is -3.35. The lowest BCUT2D eigenvalue weighted by molar-refractivity contribution is -0.148. The normalized spacial score (nSPS) is 20.1. The molecule has 1 heterocycles. The fourth-order valence-corrected chi connectivity index (χ4v) is 4.98. The second-order valence-corrected chi connectivity index (χ2v) is 9.08. The Labute approximate surface area is 193 Å². The van der Waals surface area contributed by atoms with Gasteiger partial charge in [-0.25, -0.2) is 4.79 Å². The van der Waals surface area contributed by atoms with Crippen LogP contribution in [0, 0.1) is 5.41 Å². The number of nitrogens with one attached hydrogen (secondary N) is 1. The molecule has 1 aliphatic heterocycles. The van der Waals surface area contributed by atoms with E-state index < -0.39 is 23.5 Å². The predicted molar refractivity (Wildman–Crippen MR) is 124 cm³/mol. The van der Waals surface area contributed by atoms with Gasteiger partial charge in [0.15, 0.2) is 0 Å². The molecular formula is C26H30N2O5. The lowest BCUT2D eigenvalue weighted by Crippen LogP contribution is -2.40. The first-order valence-corrected chi connectivity index (χ1v) is 11.5. The molecule has 2 atom stereocenters. The van der Waals surface area contributed by atoms with E-state index in [9.17, 15) is 19.5 Å². The van der Waals surface area contributed by atoms with Crippen LogP contribution in [0.15, 0.2) is 48.5 Å². The molecule has 1 aliphatic carbocycles. The number of amides is 2. The monoisotopic (exact) mass is 450 g/mol. The minimum absolute atomic E-state index is 0.0251. The van der Waals surface area contributed by atoms with E-state index in [0.29, 0.717) is 19.4 Å². The van der Waals surface area contributed by atoms with Crippen molar-refractivity contribution in [1.82, 2.24) is 10.2 Å². The molecular weight excluding hydrogens is 420 g/mol. The van der Waals surface area contributed by atoms with Crippen molar-refractivity contribution in [3.8, 4) is 11.1 Å². The number of hydrogen-bond acceptors (Lipinski definition) is 4. The van der Waals surface area contributed by atoms with Crippen LogP contribution in [0.2, 0.25) is 0 Å². The number of aliphatic carboxylic acids is 1. The van der Waals surface area contributed by atoms with E-state index in [1.807, 2.05) is 31.2 Å². The summed E-state index contributed by atoms with van der Waals surface area (Å²) in [6.07, 6.45) is 0.481. The zero-order valence-corrected chi connectivity index (χ0v) is 19.0. The Morgan fingerprint density at radius 1 is 1.12 bits per heavy atom. The molecule has 7 nitrogen and oxygen atoms in total. The molecule has 0 spiro atoms. The number of carboxylic acids is 1. The van der Waals surface area contributed by atoms with Gasteiger partial charge in [-0.15, -0.1) is 0 Å². The number of likely N-dealkylation sites (tertiary alicyclic amines) is 1. The average Bonchev–Trinajstić information content (AvgIpc) is 3.39. The third-order valence-corrected chi connectivity index (χ3v) is 7.03. The highest BCUT2D eigenvalue weighted by Crippen LogP contribution is 2.44. The number of carbonyl (C=O) groups is 3. The van der Waals surface area contributed by atoms with Crippen molar-refractivity contribution < 1.29 is 24.2 Å². The van der Waals surface area contributed by atoms with Crippen molar-refractivity contribution >= 4 is 18.0 Å². The molecule has 0 radical (unpaired) electrons. The van der Waals surface area contributed by atoms with Gasteiger partial charge in [-0.2, -0.15) is 0 Å². The first kappa shape index (κ1) is 22.8. The average molecular weight is 451 g/mol. The Morgan fingerprint density at radius 3 is 2.27 bits per heavy atom. The highest BCUT2D eigenvalue weighted by molar-refractivity contribution is 5.82. The van der Waals surface area contributed by atoms with Crippen LogP contribution in [-0.4, -0.2) is 53.7 Å². The molecule has 4 rings (SSSR count). The van der Waals surface area contributed by atoms with Gasteiger partial charge in [-0.1, -0.05) is 55.5 Å². The number of ether oxygens (including phenoxy) is 1. The third-order valence-electron chi connectivity index (χ3n) is 7.03. The van der Waals surface area contributed by atoms with Gasteiger partial charge >= 0.3 is 12.1 Å². The van der Waals surface area contributed by atoms with Crippen molar-refractivity contribution in [1.29, 1.82) is 0 Å². The fourth-order valence-electron chi connectivity index (χ4n) is 4.98. The molecule has 1 unspecified atom stereocenters. The maximum absolute atomic E-state index is 12.6. The summed E-state index contributed by atoms with van der Waals surface area (Å²) in [5.41, 5.74) is 3.75. The van der Waals surface area contributed by atoms with E-state index in [0.717, 1.165) is 22.3 Å². The minimum atomic E-state index is -0.862. The maximum atomic E-state index is 12.6. The number of benzene rings is 2. The predicted octanol–water partition coefficient (Wildman–Crippen LogP) is 4.02. The Balaban J connectivity index is 1.30. The molecule has 2 aromatic carbocycles. The van der Waals surface area contributed by atoms with Gasteiger partial charge in [-0.3, -0.25) is 9.59 Å². The number of hydrogen-bond donors (Lipinski definition) is 2. The van der Waals surface area contributed by atoms with Crippen LogP contribution < -0.4 is 5.32 Å². The topological polar surface area (TPSA) is 95.9 Å². The van der Waals surface area contributed by atoms with Crippen LogP contribution in [0.1, 0.15) is 50.2 Å². The van der Waals surface area contributed by atoms with E-state index >= 15 is 0 Å². The first-order valence-electron chi connectivity index (χ1n) is 11.5. The summed E-state index contributed by atoms with van der Waals surface area (Å²) in [5, 5.41) is 12.3. The Morgan fingerprint density at radius 2 is 1.73 bits per heavy atom. The van der Waals surface area contributed by atoms with E-state index in [2.05, 4.69) is 29.6 Å². The molecule has 2 aromatic rings. The lowest BCUT2D eigenvalue weighted by atomic mass is 9.84. The Bertz CT molecular complexity index is 1020. The van der Waals surface area contributed by atoms with Gasteiger partial charge in [0.25, 0.3) is 0 Å². The van der Waals surface area contributed by atoms with Crippen molar-refractivity contribution in [2.45, 2.75) is 45.1 Å². The summed E-state index contributed by atoms with van der Waals surface area (Å²) in [5.74, 6) is -1.04. The molecule has 0 aromatic heterocycles. The number of carboxylic acid groups (broad SMARTS) is 1. The number of carbonyl (C=O) groups excluding carboxylic acids is 2. The summed E-state index contributed by atoms with van der Waals surface area (Å²) < 4.78 is 5.55. The molecule has 2 N–H and O–H groups in total. The summed E-state index contributed by atoms with van der Waals surface area (Å²) in [6.45, 7) is 4.44. The van der Waals surface area contributed by atoms with E-state index in [1.165, 1.54) is 0 Å². The fraction of sp³-hybridized carbons (Fsp3) is 0.423. The Kier molecular flexibility index (Phi) is 6.40. The summed E-state index contributed by atoms with van der Waals surface area (Å²) in [4.78, 5) is 38.3. The van der Waals surface area contributed by atoms with Gasteiger partial charge in [0.1, 0.15) is 6.61 Å². The lowest BCUT2D eigenvalue weighted by Gasteiger charge is -2.24. The molecule has 0 saturated carbocycles. The minimum Gasteiger partial charge on any atom is -0.481 e. The van der Waals surface area contributed by atoms with Crippen LogP contribution >= 0.6 is 0 Å². The van der Waals surface area contributed by atoms with Crippen LogP contribution in [0.3, 0.4) is 0 Å². The SMILES string of the molecule is CCC1(C(=O)O)CCN(C(=O)C[C@H](C)NC(=O)OCC2c3ccccc3-c3ccccc32)C1. The van der Waals surface area contributed by atoms with Gasteiger partial charge in [0, 0.05) is 31.5 Å². The first-order chi connectivity index (χ1) is 15.8. The van der Waals surface area contributed by atoms with Crippen LogP contribution in [0.4, 0.5) is 4.79 Å². The molecule has 174 valence electrons. The van der Waals surface area contributed by atoms with Gasteiger partial charge in [0.05, 0.1) is 5.41 Å². The van der Waals surface area contributed by atoms with E-state index in [4.69, 9.17) is 4.74 Å². The summed E-state index contributed by atoms with van der Waals surface area (Å²) >= 11 is 0. The molecule has 0 bridgehead atoms. The second kappa shape index (κ2) is 9.25. The number of rotatable bonds is 7. The largest absolute Gasteiger partial charge is 0.481 e. The van der Waals surface area contributed by atoms with Gasteiger partial charge < -0.3 is 20.1 Å². The highest BCUT2D eigenvalue weighted by atomic mass is 16.5. The number of fused-ring (bicyclic) bond motifs is 3. The maximum Gasteiger partial charge on any atom is 0.407 e. The highest BCUT2D eigenvalue weighted by Gasteiger charge is 2.44. The van der Waals surface area contributed by atoms with Crippen LogP contribution in [0.5, 0.6) is 0 Å². The van der Waals surface area contributed by atoms with Crippen LogP contribution in [-0.2, 0) is 14.3 Å². The summed E-state index contributed by atoms with van der Waals surface area (Å²) in [6, 6.07) is 15.9. The zero-order chi connectivity index (χ0) is 23.6. The zero-order valence-electron chi connectivity index (χ0n) is 19.0.